The van der Waals surface area contributed by atoms with Crippen molar-refractivity contribution in [3.8, 4) is 5.69 Å². The Bertz CT molecular complexity index is 682. The number of nitrogens with zero attached hydrogens (tertiary/aromatic N) is 2. The molecule has 6 nitrogen and oxygen atoms in total. The second-order valence-corrected chi connectivity index (χ2v) is 5.58. The zero-order valence-electron chi connectivity index (χ0n) is 12.7. The van der Waals surface area contributed by atoms with E-state index in [1.807, 2.05) is 48.7 Å². The number of para-hydroxylation sites is 1. The number of carbonyl (C=O) groups is 1. The molecule has 2 atom stereocenters. The number of hydrogen-bond donors (Lipinski definition) is 3. The van der Waals surface area contributed by atoms with Crippen LogP contribution in [0.25, 0.3) is 5.69 Å². The minimum atomic E-state index is -0.214. The number of aliphatic hydroxyl groups excluding tert-OH is 1. The highest BCUT2D eigenvalue weighted by molar-refractivity contribution is 5.74. The van der Waals surface area contributed by atoms with Crippen LogP contribution in [0.5, 0.6) is 0 Å². The summed E-state index contributed by atoms with van der Waals surface area (Å²) in [6.07, 6.45) is 8.21. The molecule has 23 heavy (non-hydrogen) atoms. The summed E-state index contributed by atoms with van der Waals surface area (Å²) in [7, 11) is 0. The zero-order chi connectivity index (χ0) is 16.1. The van der Waals surface area contributed by atoms with E-state index < -0.39 is 0 Å². The second kappa shape index (κ2) is 7.11. The second-order valence-electron chi connectivity index (χ2n) is 5.58. The highest BCUT2D eigenvalue weighted by Crippen LogP contribution is 2.17. The minimum Gasteiger partial charge on any atom is -0.396 e. The number of urea groups is 1. The standard InChI is InChI=1S/C17H20N4O2/c22-12-13-6-7-15(10-13)20-17(23)18-11-14-4-1-2-5-16(14)21-9-3-8-19-21/h1-9,13,15,22H,10-12H2,(H2,18,20,23)/t13-,15+/m0/s1. The fourth-order valence-electron chi connectivity index (χ4n) is 2.71. The number of aliphatic hydroxyl groups is 1. The third kappa shape index (κ3) is 3.78. The first-order valence-electron chi connectivity index (χ1n) is 7.67. The summed E-state index contributed by atoms with van der Waals surface area (Å²) in [4.78, 5) is 12.0. The van der Waals surface area contributed by atoms with E-state index in [1.165, 1.54) is 0 Å². The van der Waals surface area contributed by atoms with Gasteiger partial charge in [-0.25, -0.2) is 9.48 Å². The lowest BCUT2D eigenvalue weighted by molar-refractivity contribution is 0.231. The molecule has 0 saturated heterocycles. The van der Waals surface area contributed by atoms with Gasteiger partial charge in [0, 0.05) is 37.5 Å². The maximum Gasteiger partial charge on any atom is 0.315 e. The molecule has 0 radical (unpaired) electrons. The molecule has 120 valence electrons. The van der Waals surface area contributed by atoms with E-state index in [0.717, 1.165) is 17.7 Å². The highest BCUT2D eigenvalue weighted by Gasteiger charge is 2.19. The van der Waals surface area contributed by atoms with Gasteiger partial charge in [0.1, 0.15) is 0 Å². The third-order valence-electron chi connectivity index (χ3n) is 3.91. The van der Waals surface area contributed by atoms with Crippen LogP contribution in [0.3, 0.4) is 0 Å². The molecule has 6 heteroatoms. The number of benzene rings is 1. The normalized spacial score (nSPS) is 19.7. The van der Waals surface area contributed by atoms with Gasteiger partial charge in [0.2, 0.25) is 0 Å². The molecule has 2 amide bonds. The smallest absolute Gasteiger partial charge is 0.315 e. The maximum absolute atomic E-state index is 12.0. The molecule has 1 aliphatic carbocycles. The molecule has 0 bridgehead atoms. The van der Waals surface area contributed by atoms with Crippen molar-refractivity contribution in [1.82, 2.24) is 20.4 Å². The number of aromatic nitrogens is 2. The first kappa shape index (κ1) is 15.3. The number of carbonyl (C=O) groups excluding carboxylic acids is 1. The van der Waals surface area contributed by atoms with Gasteiger partial charge in [0.25, 0.3) is 0 Å². The summed E-state index contributed by atoms with van der Waals surface area (Å²) < 4.78 is 1.78. The van der Waals surface area contributed by atoms with Crippen molar-refractivity contribution >= 4 is 6.03 Å². The van der Waals surface area contributed by atoms with Crippen molar-refractivity contribution in [3.63, 3.8) is 0 Å². The predicted molar refractivity (Wildman–Crippen MR) is 87.1 cm³/mol. The number of amides is 2. The van der Waals surface area contributed by atoms with Crippen molar-refractivity contribution in [2.75, 3.05) is 6.61 Å². The Morgan fingerprint density at radius 2 is 2.17 bits per heavy atom. The summed E-state index contributed by atoms with van der Waals surface area (Å²) in [5, 5.41) is 19.1. The number of hydrogen-bond acceptors (Lipinski definition) is 3. The third-order valence-corrected chi connectivity index (χ3v) is 3.91. The van der Waals surface area contributed by atoms with Gasteiger partial charge in [0.05, 0.1) is 5.69 Å². The van der Waals surface area contributed by atoms with Crippen LogP contribution in [0.2, 0.25) is 0 Å². The molecule has 1 aromatic carbocycles. The molecule has 0 fully saturated rings. The van der Waals surface area contributed by atoms with Gasteiger partial charge in [-0.15, -0.1) is 0 Å². The maximum atomic E-state index is 12.0. The quantitative estimate of drug-likeness (QED) is 0.734. The zero-order valence-corrected chi connectivity index (χ0v) is 12.7. The Morgan fingerprint density at radius 1 is 1.30 bits per heavy atom. The fraction of sp³-hybridized carbons (Fsp3) is 0.294. The monoisotopic (exact) mass is 312 g/mol. The molecule has 0 spiro atoms. The molecule has 1 aromatic heterocycles. The lowest BCUT2D eigenvalue weighted by atomic mass is 10.1. The summed E-state index contributed by atoms with van der Waals surface area (Å²) in [5.41, 5.74) is 1.93. The van der Waals surface area contributed by atoms with E-state index in [4.69, 9.17) is 5.11 Å². The highest BCUT2D eigenvalue weighted by atomic mass is 16.3. The molecule has 0 saturated carbocycles. The van der Waals surface area contributed by atoms with Crippen LogP contribution in [0.15, 0.2) is 54.9 Å². The van der Waals surface area contributed by atoms with Crippen molar-refractivity contribution in [1.29, 1.82) is 0 Å². The van der Waals surface area contributed by atoms with E-state index in [9.17, 15) is 4.79 Å². The lowest BCUT2D eigenvalue weighted by Gasteiger charge is -2.15. The van der Waals surface area contributed by atoms with Crippen LogP contribution in [0.1, 0.15) is 12.0 Å². The van der Waals surface area contributed by atoms with Crippen LogP contribution in [-0.2, 0) is 6.54 Å². The number of rotatable bonds is 5. The Morgan fingerprint density at radius 3 is 2.91 bits per heavy atom. The molecular formula is C17H20N4O2. The number of nitrogens with one attached hydrogen (secondary N) is 2. The van der Waals surface area contributed by atoms with Gasteiger partial charge < -0.3 is 15.7 Å². The van der Waals surface area contributed by atoms with Crippen molar-refractivity contribution in [3.05, 3.63) is 60.4 Å². The van der Waals surface area contributed by atoms with Crippen molar-refractivity contribution < 1.29 is 9.90 Å². The summed E-state index contributed by atoms with van der Waals surface area (Å²) in [6, 6.07) is 9.44. The van der Waals surface area contributed by atoms with Crippen LogP contribution < -0.4 is 10.6 Å². The van der Waals surface area contributed by atoms with Gasteiger partial charge in [-0.3, -0.25) is 0 Å². The van der Waals surface area contributed by atoms with E-state index in [-0.39, 0.29) is 24.6 Å². The van der Waals surface area contributed by atoms with Gasteiger partial charge in [-0.05, 0) is 24.1 Å². The molecule has 1 aliphatic rings. The first-order chi connectivity index (χ1) is 11.3. The summed E-state index contributed by atoms with van der Waals surface area (Å²) in [6.45, 7) is 0.537. The van der Waals surface area contributed by atoms with Crippen LogP contribution in [-0.4, -0.2) is 33.6 Å². The Kier molecular flexibility index (Phi) is 4.73. The molecule has 0 unspecified atom stereocenters. The Hall–Kier alpha value is -2.60. The fourth-order valence-corrected chi connectivity index (χ4v) is 2.71. The Labute approximate surface area is 134 Å². The van der Waals surface area contributed by atoms with Crippen LogP contribution >= 0.6 is 0 Å². The molecule has 0 aliphatic heterocycles. The molecular weight excluding hydrogens is 292 g/mol. The van der Waals surface area contributed by atoms with Crippen LogP contribution in [0, 0.1) is 5.92 Å². The first-order valence-corrected chi connectivity index (χ1v) is 7.67. The SMILES string of the molecule is O=C(NCc1ccccc1-n1cccn1)N[C@@H]1C=C[C@H](CO)C1. The molecule has 3 rings (SSSR count). The minimum absolute atomic E-state index is 0.0199. The van der Waals surface area contributed by atoms with Gasteiger partial charge in [-0.2, -0.15) is 5.10 Å². The van der Waals surface area contributed by atoms with E-state index in [2.05, 4.69) is 15.7 Å². The van der Waals surface area contributed by atoms with E-state index >= 15 is 0 Å². The summed E-state index contributed by atoms with van der Waals surface area (Å²) >= 11 is 0. The van der Waals surface area contributed by atoms with Gasteiger partial charge >= 0.3 is 6.03 Å². The Balaban J connectivity index is 1.57. The average Bonchev–Trinajstić information content (AvgIpc) is 3.25. The van der Waals surface area contributed by atoms with Crippen molar-refractivity contribution in [2.45, 2.75) is 19.0 Å². The molecule has 1 heterocycles. The van der Waals surface area contributed by atoms with E-state index in [1.54, 1.807) is 10.9 Å². The summed E-state index contributed by atoms with van der Waals surface area (Å²) in [5.74, 6) is 0.140. The van der Waals surface area contributed by atoms with Crippen molar-refractivity contribution in [2.24, 2.45) is 5.92 Å². The predicted octanol–water partition coefficient (Wildman–Crippen LogP) is 1.61. The van der Waals surface area contributed by atoms with Gasteiger partial charge in [0.15, 0.2) is 0 Å². The molecule has 2 aromatic rings. The largest absolute Gasteiger partial charge is 0.396 e. The van der Waals surface area contributed by atoms with E-state index in [0.29, 0.717) is 6.54 Å². The van der Waals surface area contributed by atoms with Crippen LogP contribution in [0.4, 0.5) is 4.79 Å². The van der Waals surface area contributed by atoms with Gasteiger partial charge in [-0.1, -0.05) is 30.4 Å². The molecule has 3 N–H and O–H groups in total. The lowest BCUT2D eigenvalue weighted by Crippen LogP contribution is -2.40. The topological polar surface area (TPSA) is 79.2 Å². The average molecular weight is 312 g/mol.